The summed E-state index contributed by atoms with van der Waals surface area (Å²) in [6.45, 7) is 8.89. The number of nitrogens with zero attached hydrogens (tertiary/aromatic N) is 2. The topological polar surface area (TPSA) is 112 Å². The molecule has 2 aliphatic heterocycles. The predicted molar refractivity (Wildman–Crippen MR) is 252 cm³/mol. The summed E-state index contributed by atoms with van der Waals surface area (Å²) >= 11 is 0. The van der Waals surface area contributed by atoms with Crippen LogP contribution in [0.3, 0.4) is 0 Å². The van der Waals surface area contributed by atoms with Gasteiger partial charge < -0.3 is 28.7 Å². The lowest BCUT2D eigenvalue weighted by atomic mass is 10.1. The summed E-state index contributed by atoms with van der Waals surface area (Å²) in [6.07, 6.45) is 41.8. The summed E-state index contributed by atoms with van der Waals surface area (Å²) in [5.74, 6) is -1.70. The van der Waals surface area contributed by atoms with Gasteiger partial charge in [-0.25, -0.2) is 0 Å². The molecule has 0 radical (unpaired) electrons. The third-order valence-corrected chi connectivity index (χ3v) is 11.9. The van der Waals surface area contributed by atoms with Crippen molar-refractivity contribution in [1.82, 2.24) is 9.80 Å². The van der Waals surface area contributed by atoms with Gasteiger partial charge in [-0.2, -0.15) is 0 Å². The maximum Gasteiger partial charge on any atom is 0.307 e. The lowest BCUT2D eigenvalue weighted by Gasteiger charge is -2.31. The van der Waals surface area contributed by atoms with Crippen molar-refractivity contribution in [3.05, 3.63) is 36.5 Å². The normalized spacial score (nSPS) is 15.5. The first-order chi connectivity index (χ1) is 30.4. The molecule has 2 unspecified atom stereocenters. The van der Waals surface area contributed by atoms with Gasteiger partial charge in [-0.05, 0) is 110 Å². The van der Waals surface area contributed by atoms with Gasteiger partial charge in [-0.3, -0.25) is 19.2 Å². The van der Waals surface area contributed by atoms with E-state index in [-0.39, 0.29) is 50.8 Å². The Balaban J connectivity index is 1.78. The quantitative estimate of drug-likeness (QED) is 0.0254. The van der Waals surface area contributed by atoms with Crippen LogP contribution in [0.15, 0.2) is 36.5 Å². The Morgan fingerprint density at radius 1 is 0.419 bits per heavy atom. The summed E-state index contributed by atoms with van der Waals surface area (Å²) in [5, 5.41) is 0. The fourth-order valence-electron chi connectivity index (χ4n) is 7.51. The fourth-order valence-corrected chi connectivity index (χ4v) is 7.51. The van der Waals surface area contributed by atoms with Crippen LogP contribution in [0.2, 0.25) is 0 Å². The second kappa shape index (κ2) is 39.6. The predicted octanol–water partition coefficient (Wildman–Crippen LogP) is 11.9. The second-order valence-electron chi connectivity index (χ2n) is 17.6. The second-order valence-corrected chi connectivity index (χ2v) is 17.6. The van der Waals surface area contributed by atoms with E-state index in [0.29, 0.717) is 25.9 Å². The maximum absolute atomic E-state index is 13.1. The molecule has 2 saturated heterocycles. The first-order valence-corrected chi connectivity index (χ1v) is 25.5. The van der Waals surface area contributed by atoms with E-state index in [1.54, 1.807) is 0 Å². The van der Waals surface area contributed by atoms with E-state index >= 15 is 0 Å². The summed E-state index contributed by atoms with van der Waals surface area (Å²) in [6, 6.07) is 0. The molecule has 10 nitrogen and oxygen atoms in total. The highest BCUT2D eigenvalue weighted by Crippen LogP contribution is 2.16. The first kappa shape index (κ1) is 55.2. The van der Waals surface area contributed by atoms with Gasteiger partial charge in [0.1, 0.15) is 13.2 Å². The van der Waals surface area contributed by atoms with Crippen molar-refractivity contribution in [3.63, 3.8) is 0 Å². The van der Waals surface area contributed by atoms with Crippen LogP contribution in [0.25, 0.3) is 0 Å². The van der Waals surface area contributed by atoms with Crippen LogP contribution in [0.5, 0.6) is 0 Å². The monoisotopic (exact) mass is 871 g/mol. The number of carbonyl (C=O) groups excluding carboxylic acids is 4. The number of allylic oxidation sites excluding steroid dienone is 6. The van der Waals surface area contributed by atoms with Crippen LogP contribution in [0.4, 0.5) is 0 Å². The van der Waals surface area contributed by atoms with E-state index < -0.39 is 24.1 Å². The molecule has 2 heterocycles. The Kier molecular flexibility index (Phi) is 35.2. The molecule has 2 rings (SSSR count). The number of hydrogen-bond acceptors (Lipinski definition) is 10. The van der Waals surface area contributed by atoms with E-state index in [0.717, 1.165) is 110 Å². The van der Waals surface area contributed by atoms with E-state index in [9.17, 15) is 19.2 Å². The number of unbranched alkanes of at least 4 members (excludes halogenated alkanes) is 19. The Hall–Kier alpha value is -2.98. The van der Waals surface area contributed by atoms with Gasteiger partial charge >= 0.3 is 23.9 Å². The molecule has 2 aliphatic rings. The molecule has 0 aromatic rings. The molecule has 0 aliphatic carbocycles. The summed E-state index contributed by atoms with van der Waals surface area (Å²) < 4.78 is 23.0. The lowest BCUT2D eigenvalue weighted by Crippen LogP contribution is -2.44. The zero-order valence-electron chi connectivity index (χ0n) is 39.6. The minimum Gasteiger partial charge on any atom is -0.462 e. The first-order valence-electron chi connectivity index (χ1n) is 25.5. The Bertz CT molecular complexity index is 1230. The summed E-state index contributed by atoms with van der Waals surface area (Å²) in [4.78, 5) is 56.3. The molecule has 0 aromatic heterocycles. The summed E-state index contributed by atoms with van der Waals surface area (Å²) in [5.41, 5.74) is 0. The van der Waals surface area contributed by atoms with Gasteiger partial charge in [0.2, 0.25) is 0 Å². The average molecular weight is 871 g/mol. The van der Waals surface area contributed by atoms with Gasteiger partial charge in [0.05, 0.1) is 12.8 Å². The van der Waals surface area contributed by atoms with E-state index in [2.05, 4.69) is 60.1 Å². The van der Waals surface area contributed by atoms with Crippen LogP contribution in [-0.4, -0.2) is 98.4 Å². The molecule has 0 aromatic carbocycles. The SMILES string of the molecule is CCCCC/C=C\C/C=C\CCCCCCCC(=O)OCC(OC(=O)CCN1CCC1)C(COC(=O)CCCCCCC/C=C\CCCCCCCC)OC(=O)CCN1CCC1. The van der Waals surface area contributed by atoms with E-state index in [4.69, 9.17) is 18.9 Å². The van der Waals surface area contributed by atoms with Crippen molar-refractivity contribution in [2.75, 3.05) is 52.5 Å². The highest BCUT2D eigenvalue weighted by Gasteiger charge is 2.32. The van der Waals surface area contributed by atoms with Crippen molar-refractivity contribution >= 4 is 23.9 Å². The van der Waals surface area contributed by atoms with Crippen LogP contribution < -0.4 is 0 Å². The zero-order chi connectivity index (χ0) is 44.6. The number of rotatable bonds is 42. The van der Waals surface area contributed by atoms with Crippen LogP contribution in [0, 0.1) is 0 Å². The number of hydrogen-bond donors (Lipinski definition) is 0. The molecular formula is C52H90N2O8. The highest BCUT2D eigenvalue weighted by molar-refractivity contribution is 5.72. The molecule has 2 fully saturated rings. The number of ether oxygens (including phenoxy) is 4. The molecule has 0 spiro atoms. The molecule has 0 N–H and O–H groups in total. The maximum atomic E-state index is 13.1. The molecule has 2 atom stereocenters. The third-order valence-electron chi connectivity index (χ3n) is 11.9. The number of esters is 4. The zero-order valence-corrected chi connectivity index (χ0v) is 39.6. The smallest absolute Gasteiger partial charge is 0.307 e. The van der Waals surface area contributed by atoms with Gasteiger partial charge in [-0.1, -0.05) is 134 Å². The van der Waals surface area contributed by atoms with Crippen LogP contribution >= 0.6 is 0 Å². The Morgan fingerprint density at radius 2 is 0.758 bits per heavy atom. The van der Waals surface area contributed by atoms with E-state index in [1.165, 1.54) is 70.6 Å². The highest BCUT2D eigenvalue weighted by atomic mass is 16.6. The van der Waals surface area contributed by atoms with E-state index in [1.807, 2.05) is 0 Å². The molecule has 0 amide bonds. The van der Waals surface area contributed by atoms with Crippen molar-refractivity contribution in [3.8, 4) is 0 Å². The molecular weight excluding hydrogens is 781 g/mol. The molecule has 10 heteroatoms. The molecule has 0 bridgehead atoms. The van der Waals surface area contributed by atoms with Gasteiger partial charge in [0.15, 0.2) is 12.2 Å². The van der Waals surface area contributed by atoms with Crippen molar-refractivity contribution < 1.29 is 38.1 Å². The molecule has 356 valence electrons. The van der Waals surface area contributed by atoms with Crippen molar-refractivity contribution in [1.29, 1.82) is 0 Å². The minimum absolute atomic E-state index is 0.168. The van der Waals surface area contributed by atoms with Gasteiger partial charge in [-0.15, -0.1) is 0 Å². The summed E-state index contributed by atoms with van der Waals surface area (Å²) in [7, 11) is 0. The van der Waals surface area contributed by atoms with Gasteiger partial charge in [0.25, 0.3) is 0 Å². The number of likely N-dealkylation sites (tertiary alicyclic amines) is 2. The number of carbonyl (C=O) groups is 4. The van der Waals surface area contributed by atoms with Crippen molar-refractivity contribution in [2.24, 2.45) is 0 Å². The largest absolute Gasteiger partial charge is 0.462 e. The average Bonchev–Trinajstić information content (AvgIpc) is 3.22. The third kappa shape index (κ3) is 31.8. The molecule has 62 heavy (non-hydrogen) atoms. The minimum atomic E-state index is -1.09. The van der Waals surface area contributed by atoms with Crippen LogP contribution in [0.1, 0.15) is 206 Å². The Labute approximate surface area is 378 Å². The van der Waals surface area contributed by atoms with Gasteiger partial charge in [0, 0.05) is 25.9 Å². The van der Waals surface area contributed by atoms with Crippen molar-refractivity contribution in [2.45, 2.75) is 219 Å². The fraction of sp³-hybridized carbons (Fsp3) is 0.808. The standard InChI is InChI=1S/C52H90N2O8/c1-3-5-7-9-11-13-15-17-19-21-23-25-27-29-31-35-49(55)59-45-47(61-51(57)37-43-53-39-33-40-53)48(62-52(58)38-44-54-41-34-42-54)46-60-50(56)36-32-30-28-26-24-22-20-18-16-14-12-10-8-6-4-2/h11,13,17-20,47-48H,3-10,12,14-16,21-46H2,1-2H3/b13-11-,19-17-,20-18-. The van der Waals surface area contributed by atoms with Crippen LogP contribution in [-0.2, 0) is 38.1 Å². The molecule has 0 saturated carbocycles. The lowest BCUT2D eigenvalue weighted by molar-refractivity contribution is -0.183. The Morgan fingerprint density at radius 3 is 1.15 bits per heavy atom.